The summed E-state index contributed by atoms with van der Waals surface area (Å²) in [6.07, 6.45) is 0. The van der Waals surface area contributed by atoms with Crippen LogP contribution in [0.2, 0.25) is 5.02 Å². The van der Waals surface area contributed by atoms with Crippen LogP contribution in [0.1, 0.15) is 5.56 Å². The highest BCUT2D eigenvalue weighted by Gasteiger charge is 1.99. The Morgan fingerprint density at radius 2 is 2.25 bits per heavy atom. The third-order valence-corrected chi connectivity index (χ3v) is 1.59. The van der Waals surface area contributed by atoms with E-state index in [1.54, 1.807) is 24.3 Å². The lowest BCUT2D eigenvalue weighted by atomic mass is 10.1. The first-order valence-corrected chi connectivity index (χ1v) is 3.61. The van der Waals surface area contributed by atoms with Crippen molar-refractivity contribution in [2.45, 2.75) is 0 Å². The average Bonchev–Trinajstić information content (AvgIpc) is 2.07. The highest BCUT2D eigenvalue weighted by Crippen LogP contribution is 2.15. The molecule has 0 spiro atoms. The molecule has 0 aliphatic heterocycles. The zero-order valence-corrected chi connectivity index (χ0v) is 6.89. The molecule has 0 radical (unpaired) electrons. The van der Waals surface area contributed by atoms with E-state index in [1.807, 2.05) is 11.9 Å². The van der Waals surface area contributed by atoms with Gasteiger partial charge in [-0.2, -0.15) is 5.26 Å². The summed E-state index contributed by atoms with van der Waals surface area (Å²) in [5.74, 6) is 2.04. The van der Waals surface area contributed by atoms with Crippen molar-refractivity contribution in [3.8, 4) is 6.07 Å². The van der Waals surface area contributed by atoms with Crippen LogP contribution in [0.4, 0.5) is 0 Å². The summed E-state index contributed by atoms with van der Waals surface area (Å²) in [6.45, 7) is 0. The standard InChI is InChI=1S/C9H5ClN2/c10-9-3-1-2-7(4-9)8(5-11)6-12/h1-4,11H. The summed E-state index contributed by atoms with van der Waals surface area (Å²) in [5, 5.41) is 15.9. The van der Waals surface area contributed by atoms with Gasteiger partial charge in [-0.25, -0.2) is 0 Å². The number of benzene rings is 1. The van der Waals surface area contributed by atoms with Crippen LogP contribution >= 0.6 is 11.6 Å². The van der Waals surface area contributed by atoms with Gasteiger partial charge >= 0.3 is 0 Å². The third-order valence-electron chi connectivity index (χ3n) is 1.35. The molecule has 0 heterocycles. The van der Waals surface area contributed by atoms with Crippen LogP contribution in [-0.2, 0) is 0 Å². The molecule has 0 saturated heterocycles. The molecule has 0 amide bonds. The molecule has 0 aliphatic carbocycles. The van der Waals surface area contributed by atoms with Gasteiger partial charge in [-0.05, 0) is 18.0 Å². The first kappa shape index (κ1) is 8.55. The van der Waals surface area contributed by atoms with Crippen molar-refractivity contribution in [2.75, 3.05) is 0 Å². The van der Waals surface area contributed by atoms with Gasteiger partial charge in [0.25, 0.3) is 0 Å². The molecule has 1 N–H and O–H groups in total. The van der Waals surface area contributed by atoms with Crippen molar-refractivity contribution < 1.29 is 0 Å². The number of halogens is 1. The van der Waals surface area contributed by atoms with Gasteiger partial charge in [0.1, 0.15) is 11.6 Å². The Morgan fingerprint density at radius 1 is 1.50 bits per heavy atom. The fourth-order valence-corrected chi connectivity index (χ4v) is 0.999. The second-order valence-electron chi connectivity index (χ2n) is 2.12. The van der Waals surface area contributed by atoms with E-state index in [-0.39, 0.29) is 5.57 Å². The van der Waals surface area contributed by atoms with E-state index in [0.29, 0.717) is 10.6 Å². The molecule has 1 rings (SSSR count). The number of nitrogens with zero attached hydrogens (tertiary/aromatic N) is 1. The predicted molar refractivity (Wildman–Crippen MR) is 48.2 cm³/mol. The quantitative estimate of drug-likeness (QED) is 0.519. The van der Waals surface area contributed by atoms with E-state index in [2.05, 4.69) is 0 Å². The summed E-state index contributed by atoms with van der Waals surface area (Å²) in [4.78, 5) is 0. The minimum absolute atomic E-state index is 0.192. The number of nitriles is 1. The molecule has 0 saturated carbocycles. The van der Waals surface area contributed by atoms with Gasteiger partial charge < -0.3 is 0 Å². The molecule has 2 nitrogen and oxygen atoms in total. The van der Waals surface area contributed by atoms with Crippen molar-refractivity contribution in [1.29, 1.82) is 10.7 Å². The van der Waals surface area contributed by atoms with Crippen LogP contribution in [-0.4, -0.2) is 5.87 Å². The Hall–Kier alpha value is -1.55. The summed E-state index contributed by atoms with van der Waals surface area (Å²) >= 11 is 5.69. The minimum Gasteiger partial charge on any atom is -0.258 e. The Kier molecular flexibility index (Phi) is 2.66. The molecule has 58 valence electrons. The Bertz CT molecular complexity index is 384. The van der Waals surface area contributed by atoms with Gasteiger partial charge in [0, 0.05) is 10.6 Å². The number of nitrogens with one attached hydrogen (secondary N) is 1. The third kappa shape index (κ3) is 1.73. The van der Waals surface area contributed by atoms with Crippen LogP contribution < -0.4 is 0 Å². The molecule has 0 unspecified atom stereocenters. The summed E-state index contributed by atoms with van der Waals surface area (Å²) in [7, 11) is 0. The molecular formula is C9H5ClN2. The second-order valence-corrected chi connectivity index (χ2v) is 2.56. The molecule has 12 heavy (non-hydrogen) atoms. The van der Waals surface area contributed by atoms with E-state index >= 15 is 0 Å². The lowest BCUT2D eigenvalue weighted by molar-refractivity contribution is 1.52. The van der Waals surface area contributed by atoms with Crippen molar-refractivity contribution >= 4 is 23.0 Å². The largest absolute Gasteiger partial charge is 0.258 e. The maximum absolute atomic E-state index is 8.56. The van der Waals surface area contributed by atoms with Crippen LogP contribution in [0.3, 0.4) is 0 Å². The summed E-state index contributed by atoms with van der Waals surface area (Å²) in [5.41, 5.74) is 0.817. The fourth-order valence-electron chi connectivity index (χ4n) is 0.809. The average molecular weight is 177 g/mol. The van der Waals surface area contributed by atoms with Crippen molar-refractivity contribution in [3.05, 3.63) is 34.9 Å². The number of allylic oxidation sites excluding steroid dienone is 1. The van der Waals surface area contributed by atoms with Crippen LogP contribution in [0, 0.1) is 16.7 Å². The van der Waals surface area contributed by atoms with Crippen LogP contribution in [0.25, 0.3) is 5.57 Å². The highest BCUT2D eigenvalue weighted by molar-refractivity contribution is 6.30. The summed E-state index contributed by atoms with van der Waals surface area (Å²) < 4.78 is 0. The second kappa shape index (κ2) is 3.73. The summed E-state index contributed by atoms with van der Waals surface area (Å²) in [6, 6.07) is 8.64. The first-order chi connectivity index (χ1) is 5.77. The molecule has 3 heteroatoms. The van der Waals surface area contributed by atoms with Gasteiger partial charge in [0.05, 0.1) is 0 Å². The molecule has 1 aromatic carbocycles. The topological polar surface area (TPSA) is 47.6 Å². The molecule has 0 aliphatic rings. The monoisotopic (exact) mass is 176 g/mol. The SMILES string of the molecule is N#CC(=C=N)c1cccc(Cl)c1. The smallest absolute Gasteiger partial charge is 0.120 e. The Labute approximate surface area is 75.2 Å². The zero-order valence-electron chi connectivity index (χ0n) is 6.13. The van der Waals surface area contributed by atoms with Gasteiger partial charge in [-0.15, -0.1) is 0 Å². The Morgan fingerprint density at radius 3 is 2.75 bits per heavy atom. The van der Waals surface area contributed by atoms with Crippen molar-refractivity contribution in [2.24, 2.45) is 0 Å². The number of hydrogen-bond acceptors (Lipinski definition) is 2. The molecular weight excluding hydrogens is 172 g/mol. The van der Waals surface area contributed by atoms with E-state index in [9.17, 15) is 0 Å². The van der Waals surface area contributed by atoms with Crippen LogP contribution in [0.15, 0.2) is 24.3 Å². The zero-order chi connectivity index (χ0) is 8.97. The maximum atomic E-state index is 8.56. The van der Waals surface area contributed by atoms with Crippen LogP contribution in [0.5, 0.6) is 0 Å². The number of hydrogen-bond donors (Lipinski definition) is 1. The predicted octanol–water partition coefficient (Wildman–Crippen LogP) is 2.50. The maximum Gasteiger partial charge on any atom is 0.120 e. The van der Waals surface area contributed by atoms with Gasteiger partial charge in [-0.3, -0.25) is 5.41 Å². The van der Waals surface area contributed by atoms with E-state index in [4.69, 9.17) is 22.3 Å². The molecule has 0 atom stereocenters. The Balaban J connectivity index is 3.22. The van der Waals surface area contributed by atoms with E-state index < -0.39 is 0 Å². The first-order valence-electron chi connectivity index (χ1n) is 3.23. The van der Waals surface area contributed by atoms with Gasteiger partial charge in [0.15, 0.2) is 0 Å². The minimum atomic E-state index is 0.192. The van der Waals surface area contributed by atoms with Gasteiger partial charge in [-0.1, -0.05) is 23.7 Å². The van der Waals surface area contributed by atoms with Crippen molar-refractivity contribution in [3.63, 3.8) is 0 Å². The lowest BCUT2D eigenvalue weighted by Crippen LogP contribution is -1.80. The fraction of sp³-hybridized carbons (Fsp3) is 0. The lowest BCUT2D eigenvalue weighted by Gasteiger charge is -1.94. The van der Waals surface area contributed by atoms with Crippen molar-refractivity contribution in [1.82, 2.24) is 0 Å². The molecule has 0 fully saturated rings. The van der Waals surface area contributed by atoms with Gasteiger partial charge in [0.2, 0.25) is 0 Å². The van der Waals surface area contributed by atoms with E-state index in [1.165, 1.54) is 0 Å². The normalized spacial score (nSPS) is 8.33. The molecule has 1 aromatic rings. The number of rotatable bonds is 1. The van der Waals surface area contributed by atoms with E-state index in [0.717, 1.165) is 0 Å². The molecule has 0 aromatic heterocycles. The molecule has 0 bridgehead atoms. The highest BCUT2D eigenvalue weighted by atomic mass is 35.5.